The first kappa shape index (κ1) is 21.4. The van der Waals surface area contributed by atoms with Crippen LogP contribution in [-0.4, -0.2) is 37.4 Å². The second-order valence-corrected chi connectivity index (χ2v) is 6.02. The molecule has 3 rings (SSSR count). The molecule has 0 amide bonds. The quantitative estimate of drug-likeness (QED) is 0.357. The van der Waals surface area contributed by atoms with Crippen molar-refractivity contribution in [1.82, 2.24) is 4.98 Å². The highest BCUT2D eigenvalue weighted by Gasteiger charge is 2.17. The SMILES string of the molecule is COCc1ccccc1NC(N)=NCc1ccnc(OC2CCOC2)c1.I. The van der Waals surface area contributed by atoms with Gasteiger partial charge in [-0.25, -0.2) is 9.98 Å². The Morgan fingerprint density at radius 2 is 2.22 bits per heavy atom. The van der Waals surface area contributed by atoms with Crippen LogP contribution >= 0.6 is 24.0 Å². The third-order valence-electron chi connectivity index (χ3n) is 3.99. The lowest BCUT2D eigenvalue weighted by Gasteiger charge is -2.12. The van der Waals surface area contributed by atoms with Gasteiger partial charge in [0.05, 0.1) is 26.4 Å². The fourth-order valence-electron chi connectivity index (χ4n) is 2.67. The molecule has 0 aliphatic carbocycles. The molecule has 146 valence electrons. The number of nitrogens with one attached hydrogen (secondary N) is 1. The van der Waals surface area contributed by atoms with Crippen molar-refractivity contribution in [3.8, 4) is 5.88 Å². The number of nitrogens with zero attached hydrogens (tertiary/aromatic N) is 2. The number of hydrogen-bond donors (Lipinski definition) is 2. The molecule has 1 aliphatic rings. The maximum Gasteiger partial charge on any atom is 0.213 e. The molecule has 1 atom stereocenters. The first-order chi connectivity index (χ1) is 12.7. The molecular weight excluding hydrogens is 459 g/mol. The summed E-state index contributed by atoms with van der Waals surface area (Å²) in [5, 5.41) is 3.12. The summed E-state index contributed by atoms with van der Waals surface area (Å²) in [6, 6.07) is 11.6. The summed E-state index contributed by atoms with van der Waals surface area (Å²) in [5.74, 6) is 0.933. The van der Waals surface area contributed by atoms with E-state index in [1.807, 2.05) is 36.4 Å². The van der Waals surface area contributed by atoms with Gasteiger partial charge in [-0.1, -0.05) is 18.2 Å². The first-order valence-electron chi connectivity index (χ1n) is 8.57. The second-order valence-electron chi connectivity index (χ2n) is 6.02. The van der Waals surface area contributed by atoms with Crippen LogP contribution < -0.4 is 15.8 Å². The predicted octanol–water partition coefficient (Wildman–Crippen LogP) is 2.94. The molecule has 27 heavy (non-hydrogen) atoms. The zero-order valence-corrected chi connectivity index (χ0v) is 17.6. The molecule has 7 nitrogen and oxygen atoms in total. The summed E-state index contributed by atoms with van der Waals surface area (Å²) in [4.78, 5) is 8.64. The van der Waals surface area contributed by atoms with E-state index in [-0.39, 0.29) is 30.1 Å². The van der Waals surface area contributed by atoms with E-state index in [4.69, 9.17) is 19.9 Å². The highest BCUT2D eigenvalue weighted by atomic mass is 127. The topological polar surface area (TPSA) is 91.0 Å². The number of halogens is 1. The zero-order valence-electron chi connectivity index (χ0n) is 15.3. The number of aromatic nitrogens is 1. The van der Waals surface area contributed by atoms with Gasteiger partial charge in [-0.05, 0) is 17.7 Å². The van der Waals surface area contributed by atoms with Gasteiger partial charge in [-0.3, -0.25) is 0 Å². The summed E-state index contributed by atoms with van der Waals surface area (Å²) < 4.78 is 16.3. The Kier molecular flexibility index (Phi) is 8.76. The lowest BCUT2D eigenvalue weighted by Crippen LogP contribution is -2.23. The fraction of sp³-hybridized carbons (Fsp3) is 0.368. The van der Waals surface area contributed by atoms with Gasteiger partial charge < -0.3 is 25.3 Å². The van der Waals surface area contributed by atoms with Gasteiger partial charge in [-0.2, -0.15) is 0 Å². The third kappa shape index (κ3) is 6.64. The Balaban J connectivity index is 0.00000261. The molecule has 0 spiro atoms. The van der Waals surface area contributed by atoms with Gasteiger partial charge in [0, 0.05) is 37.0 Å². The minimum atomic E-state index is 0. The molecule has 0 bridgehead atoms. The molecular formula is C19H25IN4O3. The molecule has 3 N–H and O–H groups in total. The average molecular weight is 484 g/mol. The van der Waals surface area contributed by atoms with Crippen LogP contribution in [0.2, 0.25) is 0 Å². The van der Waals surface area contributed by atoms with E-state index >= 15 is 0 Å². The largest absolute Gasteiger partial charge is 0.472 e. The number of benzene rings is 1. The minimum Gasteiger partial charge on any atom is -0.472 e. The lowest BCUT2D eigenvalue weighted by molar-refractivity contribution is 0.138. The second kappa shape index (κ2) is 11.1. The van der Waals surface area contributed by atoms with Gasteiger partial charge in [0.2, 0.25) is 5.88 Å². The van der Waals surface area contributed by atoms with Crippen LogP contribution in [0.4, 0.5) is 5.69 Å². The Morgan fingerprint density at radius 1 is 1.37 bits per heavy atom. The Bertz CT molecular complexity index is 751. The van der Waals surface area contributed by atoms with E-state index in [1.54, 1.807) is 13.3 Å². The van der Waals surface area contributed by atoms with Crippen molar-refractivity contribution in [2.75, 3.05) is 25.6 Å². The number of pyridine rings is 1. The van der Waals surface area contributed by atoms with Gasteiger partial charge >= 0.3 is 0 Å². The van der Waals surface area contributed by atoms with Crippen LogP contribution in [0, 0.1) is 0 Å². The molecule has 2 heterocycles. The van der Waals surface area contributed by atoms with E-state index < -0.39 is 0 Å². The number of aliphatic imine (C=N–C) groups is 1. The van der Waals surface area contributed by atoms with Crippen molar-refractivity contribution in [3.63, 3.8) is 0 Å². The molecule has 0 saturated carbocycles. The molecule has 1 aromatic heterocycles. The smallest absolute Gasteiger partial charge is 0.213 e. The minimum absolute atomic E-state index is 0. The molecule has 8 heteroatoms. The van der Waals surface area contributed by atoms with Crippen molar-refractivity contribution in [2.45, 2.75) is 25.7 Å². The summed E-state index contributed by atoms with van der Waals surface area (Å²) in [7, 11) is 1.66. The monoisotopic (exact) mass is 484 g/mol. The van der Waals surface area contributed by atoms with E-state index in [0.717, 1.165) is 29.8 Å². The normalized spacial score (nSPS) is 16.6. The van der Waals surface area contributed by atoms with E-state index in [1.165, 1.54) is 0 Å². The van der Waals surface area contributed by atoms with Gasteiger partial charge in [0.25, 0.3) is 0 Å². The van der Waals surface area contributed by atoms with Crippen LogP contribution in [0.5, 0.6) is 5.88 Å². The Labute approximate surface area is 176 Å². The van der Waals surface area contributed by atoms with Crippen molar-refractivity contribution >= 4 is 35.6 Å². The maximum absolute atomic E-state index is 6.02. The number of rotatable bonds is 7. The third-order valence-corrected chi connectivity index (χ3v) is 3.99. The first-order valence-corrected chi connectivity index (χ1v) is 8.57. The van der Waals surface area contributed by atoms with Crippen LogP contribution in [0.15, 0.2) is 47.6 Å². The average Bonchev–Trinajstić information content (AvgIpc) is 3.15. The van der Waals surface area contributed by atoms with E-state index in [2.05, 4.69) is 15.3 Å². The summed E-state index contributed by atoms with van der Waals surface area (Å²) in [5.41, 5.74) is 8.90. The number of hydrogen-bond acceptors (Lipinski definition) is 5. The number of methoxy groups -OCH3 is 1. The Hall–Kier alpha value is -1.91. The molecule has 1 aliphatic heterocycles. The highest BCUT2D eigenvalue weighted by Crippen LogP contribution is 2.17. The van der Waals surface area contributed by atoms with Crippen LogP contribution in [0.1, 0.15) is 17.5 Å². The van der Waals surface area contributed by atoms with Crippen molar-refractivity contribution in [1.29, 1.82) is 0 Å². The van der Waals surface area contributed by atoms with Gasteiger partial charge in [-0.15, -0.1) is 24.0 Å². The van der Waals surface area contributed by atoms with Gasteiger partial charge in [0.15, 0.2) is 5.96 Å². The molecule has 0 radical (unpaired) electrons. The molecule has 1 aromatic carbocycles. The molecule has 1 fully saturated rings. The van der Waals surface area contributed by atoms with E-state index in [9.17, 15) is 0 Å². The zero-order chi connectivity index (χ0) is 18.2. The molecule has 1 saturated heterocycles. The van der Waals surface area contributed by atoms with Crippen molar-refractivity contribution < 1.29 is 14.2 Å². The fourth-order valence-corrected chi connectivity index (χ4v) is 2.67. The van der Waals surface area contributed by atoms with Crippen molar-refractivity contribution in [2.24, 2.45) is 10.7 Å². The van der Waals surface area contributed by atoms with E-state index in [0.29, 0.717) is 31.6 Å². The lowest BCUT2D eigenvalue weighted by atomic mass is 10.2. The van der Waals surface area contributed by atoms with Crippen LogP contribution in [0.25, 0.3) is 0 Å². The summed E-state index contributed by atoms with van der Waals surface area (Å²) in [6.07, 6.45) is 2.68. The summed E-state index contributed by atoms with van der Waals surface area (Å²) in [6.45, 7) is 2.29. The predicted molar refractivity (Wildman–Crippen MR) is 116 cm³/mol. The standard InChI is InChI=1S/C19H24N4O3.HI/c1-24-12-15-4-2-3-5-17(15)23-19(20)22-11-14-6-8-21-18(10-14)26-16-7-9-25-13-16;/h2-6,8,10,16H,7,9,11-13H2,1H3,(H3,20,22,23);1H. The Morgan fingerprint density at radius 3 is 3.00 bits per heavy atom. The van der Waals surface area contributed by atoms with Crippen LogP contribution in [0.3, 0.4) is 0 Å². The summed E-state index contributed by atoms with van der Waals surface area (Å²) >= 11 is 0. The maximum atomic E-state index is 6.02. The van der Waals surface area contributed by atoms with Gasteiger partial charge in [0.1, 0.15) is 6.10 Å². The van der Waals surface area contributed by atoms with Crippen LogP contribution in [-0.2, 0) is 22.6 Å². The molecule has 1 unspecified atom stereocenters. The highest BCUT2D eigenvalue weighted by molar-refractivity contribution is 14.0. The molecule has 2 aromatic rings. The number of para-hydroxylation sites is 1. The number of guanidine groups is 1. The number of nitrogens with two attached hydrogens (primary N) is 1. The number of anilines is 1. The van der Waals surface area contributed by atoms with Crippen molar-refractivity contribution in [3.05, 3.63) is 53.7 Å². The number of ether oxygens (including phenoxy) is 3.